The Morgan fingerprint density at radius 3 is 2.50 bits per heavy atom. The maximum atomic E-state index is 13.0. The monoisotopic (exact) mass is 411 g/mol. The largest absolute Gasteiger partial charge is 0.457 e. The van der Waals surface area contributed by atoms with E-state index < -0.39 is 23.5 Å². The number of anilines is 1. The van der Waals surface area contributed by atoms with E-state index >= 15 is 0 Å². The zero-order chi connectivity index (χ0) is 22.1. The van der Waals surface area contributed by atoms with Crippen molar-refractivity contribution in [1.29, 1.82) is 0 Å². The maximum Gasteiger partial charge on any atom is 0.239 e. The number of aliphatic hydroxyl groups is 1. The number of amides is 3. The summed E-state index contributed by atoms with van der Waals surface area (Å²) in [5.41, 5.74) is 5.37. The average Bonchev–Trinajstić information content (AvgIpc) is 2.92. The Morgan fingerprint density at radius 2 is 1.90 bits per heavy atom. The third kappa shape index (κ3) is 3.99. The molecule has 8 nitrogen and oxygen atoms in total. The third-order valence-electron chi connectivity index (χ3n) is 5.46. The van der Waals surface area contributed by atoms with E-state index in [1.807, 2.05) is 0 Å². The number of likely N-dealkylation sites (tertiary alicyclic amines) is 1. The molecular weight excluding hydrogens is 386 g/mol. The third-order valence-corrected chi connectivity index (χ3v) is 5.46. The van der Waals surface area contributed by atoms with Gasteiger partial charge in [0.05, 0.1) is 11.5 Å². The van der Waals surface area contributed by atoms with Crippen LogP contribution in [0.15, 0.2) is 48.5 Å². The molecule has 0 radical (unpaired) electrons. The van der Waals surface area contributed by atoms with Gasteiger partial charge in [-0.05, 0) is 43.7 Å². The number of rotatable bonds is 6. The first-order valence-electron chi connectivity index (χ1n) is 9.57. The van der Waals surface area contributed by atoms with Gasteiger partial charge in [0.2, 0.25) is 17.7 Å². The number of ether oxygens (including phenoxy) is 1. The van der Waals surface area contributed by atoms with Gasteiger partial charge in [0.25, 0.3) is 0 Å². The van der Waals surface area contributed by atoms with Gasteiger partial charge in [-0.15, -0.1) is 0 Å². The van der Waals surface area contributed by atoms with E-state index in [1.165, 1.54) is 11.8 Å². The molecule has 8 heteroatoms. The van der Waals surface area contributed by atoms with Crippen molar-refractivity contribution in [2.24, 2.45) is 5.73 Å². The lowest BCUT2D eigenvalue weighted by Gasteiger charge is -2.27. The van der Waals surface area contributed by atoms with Crippen molar-refractivity contribution in [3.05, 3.63) is 54.1 Å². The number of hydrogen-bond donors (Lipinski definition) is 3. The van der Waals surface area contributed by atoms with Gasteiger partial charge in [-0.3, -0.25) is 14.4 Å². The summed E-state index contributed by atoms with van der Waals surface area (Å²) < 4.78 is 5.83. The summed E-state index contributed by atoms with van der Waals surface area (Å²) in [6.07, 6.45) is -0.979. The van der Waals surface area contributed by atoms with Gasteiger partial charge in [0.15, 0.2) is 0 Å². The molecule has 1 aliphatic rings. The molecule has 3 rings (SSSR count). The van der Waals surface area contributed by atoms with Gasteiger partial charge in [0, 0.05) is 25.2 Å². The van der Waals surface area contributed by atoms with E-state index in [-0.39, 0.29) is 18.4 Å². The van der Waals surface area contributed by atoms with E-state index in [1.54, 1.807) is 62.4 Å². The number of aliphatic hydroxyl groups excluding tert-OH is 1. The second-order valence-electron chi connectivity index (χ2n) is 7.59. The highest BCUT2D eigenvalue weighted by Crippen LogP contribution is 2.38. The summed E-state index contributed by atoms with van der Waals surface area (Å²) in [4.78, 5) is 37.0. The summed E-state index contributed by atoms with van der Waals surface area (Å²) in [7, 11) is 0. The Hall–Kier alpha value is -3.39. The number of nitrogens with two attached hydrogens (primary N) is 1. The highest BCUT2D eigenvalue weighted by Gasteiger charge is 2.52. The Kier molecular flexibility index (Phi) is 5.80. The van der Waals surface area contributed by atoms with Crippen LogP contribution in [0, 0.1) is 0 Å². The van der Waals surface area contributed by atoms with Crippen molar-refractivity contribution in [1.82, 2.24) is 4.90 Å². The first-order valence-corrected chi connectivity index (χ1v) is 9.57. The highest BCUT2D eigenvalue weighted by molar-refractivity contribution is 5.95. The minimum absolute atomic E-state index is 0.0353. The maximum absolute atomic E-state index is 13.0. The summed E-state index contributed by atoms with van der Waals surface area (Å²) >= 11 is 0. The molecule has 1 fully saturated rings. The minimum atomic E-state index is -1.19. The van der Waals surface area contributed by atoms with Crippen LogP contribution in [0.25, 0.3) is 0 Å². The molecule has 3 amide bonds. The molecule has 1 saturated heterocycles. The molecule has 0 saturated carbocycles. The lowest BCUT2D eigenvalue weighted by atomic mass is 9.79. The highest BCUT2D eigenvalue weighted by atomic mass is 16.5. The molecule has 1 heterocycles. The number of nitrogens with one attached hydrogen (secondary N) is 1. The van der Waals surface area contributed by atoms with E-state index in [0.29, 0.717) is 22.7 Å². The van der Waals surface area contributed by atoms with Gasteiger partial charge in [-0.1, -0.05) is 18.2 Å². The van der Waals surface area contributed by atoms with Crippen LogP contribution in [-0.4, -0.2) is 46.4 Å². The van der Waals surface area contributed by atoms with Gasteiger partial charge in [0.1, 0.15) is 17.5 Å². The van der Waals surface area contributed by atoms with Crippen molar-refractivity contribution >= 4 is 23.4 Å². The van der Waals surface area contributed by atoms with Crippen LogP contribution >= 0.6 is 0 Å². The number of benzene rings is 2. The fourth-order valence-corrected chi connectivity index (χ4v) is 3.54. The molecule has 3 atom stereocenters. The van der Waals surface area contributed by atoms with Gasteiger partial charge < -0.3 is 25.8 Å². The Balaban J connectivity index is 1.79. The topological polar surface area (TPSA) is 122 Å². The molecule has 4 N–H and O–H groups in total. The molecule has 0 spiro atoms. The van der Waals surface area contributed by atoms with Crippen molar-refractivity contribution in [3.8, 4) is 11.5 Å². The van der Waals surface area contributed by atoms with E-state index in [9.17, 15) is 19.5 Å². The number of β-amino-alcohol motifs (C(OH)–C–C–N with tert-alkyl or cyclic N) is 1. The van der Waals surface area contributed by atoms with Gasteiger partial charge >= 0.3 is 0 Å². The van der Waals surface area contributed by atoms with Crippen LogP contribution in [0.1, 0.15) is 26.3 Å². The molecule has 1 aliphatic heterocycles. The lowest BCUT2D eigenvalue weighted by molar-refractivity contribution is -0.138. The van der Waals surface area contributed by atoms with Gasteiger partial charge in [-0.25, -0.2) is 0 Å². The standard InChI is InChI=1S/C22H25N3O5/c1-13(20(23)28)25-12-19(27)22(3,21(25)29)15-7-9-17(10-8-15)30-18-6-4-5-16(11-18)24-14(2)26/h4-11,13,19,27H,12H2,1-3H3,(H2,23,28)(H,24,26). The molecule has 2 aromatic rings. The minimum Gasteiger partial charge on any atom is -0.457 e. The van der Waals surface area contributed by atoms with Crippen molar-refractivity contribution < 1.29 is 24.2 Å². The van der Waals surface area contributed by atoms with E-state index in [2.05, 4.69) is 5.32 Å². The first kappa shape index (κ1) is 21.3. The number of carbonyl (C=O) groups excluding carboxylic acids is 3. The fraction of sp³-hybridized carbons (Fsp3) is 0.318. The number of nitrogens with zero attached hydrogens (tertiary/aromatic N) is 1. The fourth-order valence-electron chi connectivity index (χ4n) is 3.54. The second-order valence-corrected chi connectivity index (χ2v) is 7.59. The Labute approximate surface area is 174 Å². The molecule has 3 unspecified atom stereocenters. The second kappa shape index (κ2) is 8.16. The predicted molar refractivity (Wildman–Crippen MR) is 111 cm³/mol. The molecule has 2 aromatic carbocycles. The SMILES string of the molecule is CC(=O)Nc1cccc(Oc2ccc(C3(C)C(=O)N(C(C)C(N)=O)CC3O)cc2)c1. The zero-order valence-corrected chi connectivity index (χ0v) is 17.1. The van der Waals surface area contributed by atoms with Crippen LogP contribution in [0.3, 0.4) is 0 Å². The van der Waals surface area contributed by atoms with Crippen molar-refractivity contribution in [2.75, 3.05) is 11.9 Å². The van der Waals surface area contributed by atoms with Crippen molar-refractivity contribution in [2.45, 2.75) is 38.3 Å². The lowest BCUT2D eigenvalue weighted by Crippen LogP contribution is -2.46. The molecule has 158 valence electrons. The van der Waals surface area contributed by atoms with Crippen LogP contribution in [0.2, 0.25) is 0 Å². The average molecular weight is 411 g/mol. The van der Waals surface area contributed by atoms with Crippen LogP contribution in [0.5, 0.6) is 11.5 Å². The van der Waals surface area contributed by atoms with Crippen molar-refractivity contribution in [3.63, 3.8) is 0 Å². The zero-order valence-electron chi connectivity index (χ0n) is 17.1. The summed E-state index contributed by atoms with van der Waals surface area (Å²) in [6, 6.07) is 13.0. The Morgan fingerprint density at radius 1 is 1.23 bits per heavy atom. The summed E-state index contributed by atoms with van der Waals surface area (Å²) in [6.45, 7) is 4.66. The summed E-state index contributed by atoms with van der Waals surface area (Å²) in [5, 5.41) is 13.3. The molecule has 0 aromatic heterocycles. The Bertz CT molecular complexity index is 975. The molecule has 30 heavy (non-hydrogen) atoms. The number of primary amides is 1. The molecule has 0 aliphatic carbocycles. The number of carbonyl (C=O) groups is 3. The normalized spacial score (nSPS) is 21.9. The van der Waals surface area contributed by atoms with Crippen LogP contribution in [-0.2, 0) is 19.8 Å². The predicted octanol–water partition coefficient (Wildman–Crippen LogP) is 1.77. The number of hydrogen-bond acceptors (Lipinski definition) is 5. The molecular formula is C22H25N3O5. The van der Waals surface area contributed by atoms with Crippen LogP contribution < -0.4 is 15.8 Å². The van der Waals surface area contributed by atoms with E-state index in [0.717, 1.165) is 0 Å². The van der Waals surface area contributed by atoms with E-state index in [4.69, 9.17) is 10.5 Å². The van der Waals surface area contributed by atoms with Crippen LogP contribution in [0.4, 0.5) is 5.69 Å². The molecule has 0 bridgehead atoms. The first-order chi connectivity index (χ1) is 14.1. The summed E-state index contributed by atoms with van der Waals surface area (Å²) in [5.74, 6) is -0.0736. The van der Waals surface area contributed by atoms with Gasteiger partial charge in [-0.2, -0.15) is 0 Å². The smallest absolute Gasteiger partial charge is 0.239 e. The quantitative estimate of drug-likeness (QED) is 0.669.